The van der Waals surface area contributed by atoms with Crippen molar-refractivity contribution in [3.63, 3.8) is 0 Å². The Hall–Kier alpha value is -2.29. The molecule has 0 radical (unpaired) electrons. The normalized spacial score (nSPS) is 9.14. The molecule has 0 bridgehead atoms. The summed E-state index contributed by atoms with van der Waals surface area (Å²) < 4.78 is 13.0. The van der Waals surface area contributed by atoms with Gasteiger partial charge in [-0.05, 0) is 6.07 Å². The van der Waals surface area contributed by atoms with Crippen molar-refractivity contribution in [1.29, 1.82) is 5.26 Å². The lowest BCUT2D eigenvalue weighted by Crippen LogP contribution is -2.10. The van der Waals surface area contributed by atoms with Gasteiger partial charge in [0.15, 0.2) is 0 Å². The van der Waals surface area contributed by atoms with E-state index in [4.69, 9.17) is 16.1 Å². The lowest BCUT2D eigenvalue weighted by Gasteiger charge is -2.05. The summed E-state index contributed by atoms with van der Waals surface area (Å²) in [6.07, 6.45) is -1.35. The predicted octanol–water partition coefficient (Wildman–Crippen LogP) is 1.37. The molecule has 0 aliphatic carbocycles. The van der Waals surface area contributed by atoms with E-state index >= 15 is 0 Å². The van der Waals surface area contributed by atoms with E-state index in [2.05, 4.69) is 0 Å². The fourth-order valence-corrected chi connectivity index (χ4v) is 0.899. The Morgan fingerprint density at radius 3 is 2.79 bits per heavy atom. The second-order valence-electron chi connectivity index (χ2n) is 2.46. The number of nitrogens with zero attached hydrogens (tertiary/aromatic N) is 1. The predicted molar refractivity (Wildman–Crippen MR) is 47.2 cm³/mol. The molecular formula is C8H6FN3O2. The van der Waals surface area contributed by atoms with E-state index < -0.39 is 11.9 Å². The van der Waals surface area contributed by atoms with E-state index in [-0.39, 0.29) is 16.9 Å². The van der Waals surface area contributed by atoms with Crippen LogP contribution in [0.4, 0.5) is 20.6 Å². The molecule has 0 unspecified atom stereocenters. The Kier molecular flexibility index (Phi) is 2.53. The van der Waals surface area contributed by atoms with Crippen LogP contribution >= 0.6 is 0 Å². The van der Waals surface area contributed by atoms with Crippen LogP contribution in [0.5, 0.6) is 0 Å². The molecule has 1 rings (SSSR count). The van der Waals surface area contributed by atoms with Gasteiger partial charge in [0.1, 0.15) is 11.9 Å². The van der Waals surface area contributed by atoms with E-state index in [1.54, 1.807) is 6.07 Å². The molecule has 0 aliphatic rings. The van der Waals surface area contributed by atoms with Crippen LogP contribution in [-0.2, 0) is 0 Å². The number of carboxylic acid groups (broad SMARTS) is 1. The molecule has 0 heterocycles. The standard InChI is InChI=1S/C8H6FN3O2/c9-5-2-7(12-8(13)14)6(11)1-4(5)3-10/h1-2,12H,11H2,(H,13,14). The molecule has 0 saturated heterocycles. The Balaban J connectivity index is 3.16. The van der Waals surface area contributed by atoms with Gasteiger partial charge in [-0.2, -0.15) is 5.26 Å². The van der Waals surface area contributed by atoms with Gasteiger partial charge in [0.25, 0.3) is 0 Å². The van der Waals surface area contributed by atoms with Crippen molar-refractivity contribution in [2.75, 3.05) is 11.1 Å². The first-order valence-electron chi connectivity index (χ1n) is 3.53. The quantitative estimate of drug-likeness (QED) is 0.589. The molecule has 6 heteroatoms. The highest BCUT2D eigenvalue weighted by atomic mass is 19.1. The maximum absolute atomic E-state index is 13.0. The summed E-state index contributed by atoms with van der Waals surface area (Å²) in [5.41, 5.74) is 5.08. The average Bonchev–Trinajstić information content (AvgIpc) is 2.10. The zero-order valence-corrected chi connectivity index (χ0v) is 6.91. The summed E-state index contributed by atoms with van der Waals surface area (Å²) in [5.74, 6) is -0.814. The zero-order valence-electron chi connectivity index (χ0n) is 6.91. The number of benzene rings is 1. The fourth-order valence-electron chi connectivity index (χ4n) is 0.899. The van der Waals surface area contributed by atoms with E-state index in [9.17, 15) is 9.18 Å². The Bertz CT molecular complexity index is 425. The van der Waals surface area contributed by atoms with Crippen LogP contribution < -0.4 is 11.1 Å². The second kappa shape index (κ2) is 3.62. The number of nitrogen functional groups attached to an aromatic ring is 1. The summed E-state index contributed by atoms with van der Waals surface area (Å²) in [5, 5.41) is 18.7. The molecule has 5 nitrogen and oxygen atoms in total. The zero-order chi connectivity index (χ0) is 10.7. The van der Waals surface area contributed by atoms with Crippen molar-refractivity contribution >= 4 is 17.5 Å². The van der Waals surface area contributed by atoms with Crippen molar-refractivity contribution in [2.24, 2.45) is 0 Å². The van der Waals surface area contributed by atoms with Crippen molar-refractivity contribution in [2.45, 2.75) is 0 Å². The van der Waals surface area contributed by atoms with Gasteiger partial charge < -0.3 is 10.8 Å². The summed E-state index contributed by atoms with van der Waals surface area (Å²) in [6, 6.07) is 3.52. The third-order valence-electron chi connectivity index (χ3n) is 1.50. The maximum Gasteiger partial charge on any atom is 0.409 e. The number of hydrogen-bond acceptors (Lipinski definition) is 3. The number of rotatable bonds is 1. The van der Waals surface area contributed by atoms with Crippen LogP contribution in [-0.4, -0.2) is 11.2 Å². The smallest absolute Gasteiger partial charge is 0.409 e. The minimum atomic E-state index is -1.35. The number of nitrogens with two attached hydrogens (primary N) is 1. The molecule has 4 N–H and O–H groups in total. The minimum Gasteiger partial charge on any atom is -0.465 e. The highest BCUT2D eigenvalue weighted by molar-refractivity contribution is 5.87. The number of carbonyl (C=O) groups is 1. The largest absolute Gasteiger partial charge is 0.465 e. The molecular weight excluding hydrogens is 189 g/mol. The summed E-state index contributed by atoms with van der Waals surface area (Å²) in [4.78, 5) is 10.2. The summed E-state index contributed by atoms with van der Waals surface area (Å²) in [6.45, 7) is 0. The van der Waals surface area contributed by atoms with E-state index in [0.29, 0.717) is 0 Å². The van der Waals surface area contributed by atoms with E-state index in [1.165, 1.54) is 0 Å². The first-order valence-corrected chi connectivity index (χ1v) is 3.53. The van der Waals surface area contributed by atoms with E-state index in [0.717, 1.165) is 12.1 Å². The number of nitrogens with one attached hydrogen (secondary N) is 1. The summed E-state index contributed by atoms with van der Waals surface area (Å²) >= 11 is 0. The van der Waals surface area contributed by atoms with Crippen LogP contribution in [0.2, 0.25) is 0 Å². The van der Waals surface area contributed by atoms with E-state index in [1.807, 2.05) is 5.32 Å². The Morgan fingerprint density at radius 2 is 2.29 bits per heavy atom. The van der Waals surface area contributed by atoms with Gasteiger partial charge in [0.05, 0.1) is 16.9 Å². The van der Waals surface area contributed by atoms with Gasteiger partial charge >= 0.3 is 6.09 Å². The van der Waals surface area contributed by atoms with Gasteiger partial charge in [-0.3, -0.25) is 5.32 Å². The summed E-state index contributed by atoms with van der Waals surface area (Å²) in [7, 11) is 0. The molecule has 1 aromatic carbocycles. The Morgan fingerprint density at radius 1 is 1.64 bits per heavy atom. The molecule has 0 aliphatic heterocycles. The maximum atomic E-state index is 13.0. The number of nitriles is 1. The SMILES string of the molecule is N#Cc1cc(N)c(NC(=O)O)cc1F. The van der Waals surface area contributed by atoms with Crippen LogP contribution in [0.1, 0.15) is 5.56 Å². The molecule has 1 aromatic rings. The van der Waals surface area contributed by atoms with Crippen molar-refractivity contribution in [3.8, 4) is 6.07 Å². The van der Waals surface area contributed by atoms with Gasteiger partial charge in [-0.1, -0.05) is 0 Å². The number of hydrogen-bond donors (Lipinski definition) is 3. The minimum absolute atomic E-state index is 0.00495. The molecule has 14 heavy (non-hydrogen) atoms. The van der Waals surface area contributed by atoms with Crippen molar-refractivity contribution in [1.82, 2.24) is 0 Å². The number of halogens is 1. The fraction of sp³-hybridized carbons (Fsp3) is 0. The second-order valence-corrected chi connectivity index (χ2v) is 2.46. The Labute approximate surface area is 78.6 Å². The first-order chi connectivity index (χ1) is 6.54. The van der Waals surface area contributed by atoms with Crippen LogP contribution in [0.15, 0.2) is 12.1 Å². The van der Waals surface area contributed by atoms with Crippen LogP contribution in [0.25, 0.3) is 0 Å². The van der Waals surface area contributed by atoms with Gasteiger partial charge in [0.2, 0.25) is 0 Å². The van der Waals surface area contributed by atoms with Gasteiger partial charge in [0, 0.05) is 6.07 Å². The highest BCUT2D eigenvalue weighted by Gasteiger charge is 2.08. The van der Waals surface area contributed by atoms with Crippen molar-refractivity contribution < 1.29 is 14.3 Å². The van der Waals surface area contributed by atoms with Crippen molar-refractivity contribution in [3.05, 3.63) is 23.5 Å². The number of amides is 1. The monoisotopic (exact) mass is 195 g/mol. The molecule has 1 amide bonds. The van der Waals surface area contributed by atoms with Gasteiger partial charge in [-0.15, -0.1) is 0 Å². The lowest BCUT2D eigenvalue weighted by molar-refractivity contribution is 0.210. The van der Waals surface area contributed by atoms with Gasteiger partial charge in [-0.25, -0.2) is 9.18 Å². The first kappa shape index (κ1) is 9.80. The van der Waals surface area contributed by atoms with Crippen LogP contribution in [0, 0.1) is 17.1 Å². The topological polar surface area (TPSA) is 99.1 Å². The lowest BCUT2D eigenvalue weighted by atomic mass is 10.2. The molecule has 0 spiro atoms. The third kappa shape index (κ3) is 1.90. The third-order valence-corrected chi connectivity index (χ3v) is 1.50. The molecule has 72 valence electrons. The highest BCUT2D eigenvalue weighted by Crippen LogP contribution is 2.22. The van der Waals surface area contributed by atoms with Crippen LogP contribution in [0.3, 0.4) is 0 Å². The molecule has 0 fully saturated rings. The molecule has 0 saturated carbocycles. The molecule has 0 aromatic heterocycles. The number of anilines is 2. The average molecular weight is 195 g/mol. The molecule has 0 atom stereocenters.